The Kier molecular flexibility index (Phi) is 5.63. The summed E-state index contributed by atoms with van der Waals surface area (Å²) in [5, 5.41) is 2.67. The van der Waals surface area contributed by atoms with Crippen LogP contribution in [-0.2, 0) is 14.8 Å². The molecule has 0 bridgehead atoms. The first-order valence-corrected chi connectivity index (χ1v) is 9.44. The molecule has 0 aliphatic carbocycles. The number of rotatable bonds is 6. The van der Waals surface area contributed by atoms with E-state index in [4.69, 9.17) is 4.74 Å². The van der Waals surface area contributed by atoms with Crippen LogP contribution in [0, 0.1) is 6.92 Å². The molecule has 0 saturated heterocycles. The smallest absolute Gasteiger partial charge is 0.248 e. The molecule has 25 heavy (non-hydrogen) atoms. The van der Waals surface area contributed by atoms with Crippen LogP contribution in [0.5, 0.6) is 5.75 Å². The van der Waals surface area contributed by atoms with Crippen LogP contribution in [0.15, 0.2) is 42.7 Å². The van der Waals surface area contributed by atoms with E-state index in [1.807, 2.05) is 13.0 Å². The number of anilines is 2. The SMILES string of the molecule is COc1ccc(C)cc1N([C@H](C)C(=O)Nc1cccnc1)S(C)(=O)=O. The first-order chi connectivity index (χ1) is 11.7. The van der Waals surface area contributed by atoms with Gasteiger partial charge in [0.2, 0.25) is 15.9 Å². The lowest BCUT2D eigenvalue weighted by Gasteiger charge is -2.29. The summed E-state index contributed by atoms with van der Waals surface area (Å²) in [6.07, 6.45) is 4.13. The zero-order valence-corrected chi connectivity index (χ0v) is 15.4. The van der Waals surface area contributed by atoms with Crippen molar-refractivity contribution in [3.8, 4) is 5.75 Å². The highest BCUT2D eigenvalue weighted by Crippen LogP contribution is 2.32. The Morgan fingerprint density at radius 3 is 2.60 bits per heavy atom. The molecule has 8 heteroatoms. The molecule has 0 unspecified atom stereocenters. The van der Waals surface area contributed by atoms with E-state index in [2.05, 4.69) is 10.3 Å². The van der Waals surface area contributed by atoms with Crippen LogP contribution >= 0.6 is 0 Å². The fraction of sp³-hybridized carbons (Fsp3) is 0.294. The van der Waals surface area contributed by atoms with Gasteiger partial charge in [0.1, 0.15) is 11.8 Å². The third-order valence-corrected chi connectivity index (χ3v) is 4.82. The summed E-state index contributed by atoms with van der Waals surface area (Å²) in [4.78, 5) is 16.5. The van der Waals surface area contributed by atoms with E-state index in [0.717, 1.165) is 16.1 Å². The van der Waals surface area contributed by atoms with Crippen molar-refractivity contribution in [3.05, 3.63) is 48.3 Å². The van der Waals surface area contributed by atoms with E-state index in [1.54, 1.807) is 30.5 Å². The summed E-state index contributed by atoms with van der Waals surface area (Å²) < 4.78 is 31.1. The van der Waals surface area contributed by atoms with Gasteiger partial charge in [-0.3, -0.25) is 14.1 Å². The molecule has 2 rings (SSSR count). The van der Waals surface area contributed by atoms with Crippen LogP contribution in [0.1, 0.15) is 12.5 Å². The Labute approximate surface area is 147 Å². The minimum Gasteiger partial charge on any atom is -0.495 e. The van der Waals surface area contributed by atoms with Gasteiger partial charge in [0.25, 0.3) is 0 Å². The van der Waals surface area contributed by atoms with Gasteiger partial charge in [-0.2, -0.15) is 0 Å². The first-order valence-electron chi connectivity index (χ1n) is 7.59. The molecule has 2 aromatic rings. The number of nitrogens with one attached hydrogen (secondary N) is 1. The molecule has 0 radical (unpaired) electrons. The number of hydrogen-bond donors (Lipinski definition) is 1. The zero-order chi connectivity index (χ0) is 18.6. The molecule has 0 aliphatic rings. The second-order valence-electron chi connectivity index (χ2n) is 5.64. The van der Waals surface area contributed by atoms with Gasteiger partial charge in [-0.25, -0.2) is 8.42 Å². The normalized spacial score (nSPS) is 12.3. The molecule has 1 heterocycles. The highest BCUT2D eigenvalue weighted by atomic mass is 32.2. The first kappa shape index (κ1) is 18.7. The maximum Gasteiger partial charge on any atom is 0.248 e. The highest BCUT2D eigenvalue weighted by molar-refractivity contribution is 7.92. The van der Waals surface area contributed by atoms with Gasteiger partial charge < -0.3 is 10.1 Å². The highest BCUT2D eigenvalue weighted by Gasteiger charge is 2.31. The molecule has 1 N–H and O–H groups in total. The molecule has 0 saturated carbocycles. The van der Waals surface area contributed by atoms with Crippen molar-refractivity contribution in [3.63, 3.8) is 0 Å². The Morgan fingerprint density at radius 1 is 1.32 bits per heavy atom. The van der Waals surface area contributed by atoms with Crippen molar-refractivity contribution in [2.45, 2.75) is 19.9 Å². The number of amides is 1. The minimum atomic E-state index is -3.73. The summed E-state index contributed by atoms with van der Waals surface area (Å²) >= 11 is 0. The number of sulfonamides is 1. The number of aromatic nitrogens is 1. The zero-order valence-electron chi connectivity index (χ0n) is 14.6. The second-order valence-corrected chi connectivity index (χ2v) is 7.50. The summed E-state index contributed by atoms with van der Waals surface area (Å²) in [7, 11) is -2.27. The lowest BCUT2D eigenvalue weighted by molar-refractivity contribution is -0.116. The number of carbonyl (C=O) groups excluding carboxylic acids is 1. The number of hydrogen-bond acceptors (Lipinski definition) is 5. The van der Waals surface area contributed by atoms with Crippen LogP contribution in [0.3, 0.4) is 0 Å². The molecule has 1 atom stereocenters. The maximum absolute atomic E-state index is 12.6. The molecule has 1 aromatic carbocycles. The average Bonchev–Trinajstić information content (AvgIpc) is 2.55. The molecule has 1 amide bonds. The van der Waals surface area contributed by atoms with E-state index in [-0.39, 0.29) is 0 Å². The molecule has 0 aliphatic heterocycles. The van der Waals surface area contributed by atoms with Crippen LogP contribution in [0.4, 0.5) is 11.4 Å². The quantitative estimate of drug-likeness (QED) is 0.850. The summed E-state index contributed by atoms with van der Waals surface area (Å²) in [5.74, 6) is -0.0981. The summed E-state index contributed by atoms with van der Waals surface area (Å²) in [5.41, 5.74) is 1.66. The number of carbonyl (C=O) groups is 1. The maximum atomic E-state index is 12.6. The Morgan fingerprint density at radius 2 is 2.04 bits per heavy atom. The lowest BCUT2D eigenvalue weighted by atomic mass is 10.2. The Balaban J connectivity index is 2.41. The largest absolute Gasteiger partial charge is 0.495 e. The molecule has 7 nitrogen and oxygen atoms in total. The molecule has 1 aromatic heterocycles. The van der Waals surface area contributed by atoms with E-state index < -0.39 is 22.0 Å². The molecule has 134 valence electrons. The molecular weight excluding hydrogens is 342 g/mol. The lowest BCUT2D eigenvalue weighted by Crippen LogP contribution is -2.45. The number of methoxy groups -OCH3 is 1. The van der Waals surface area contributed by atoms with Gasteiger partial charge in [-0.15, -0.1) is 0 Å². The Hall–Kier alpha value is -2.61. The van der Waals surface area contributed by atoms with E-state index in [0.29, 0.717) is 17.1 Å². The number of benzene rings is 1. The fourth-order valence-electron chi connectivity index (χ4n) is 2.44. The third-order valence-electron chi connectivity index (χ3n) is 3.59. The van der Waals surface area contributed by atoms with Crippen molar-refractivity contribution in [2.75, 3.05) is 23.0 Å². The standard InChI is InChI=1S/C17H21N3O4S/c1-12-7-8-16(24-3)15(10-12)20(25(4,22)23)13(2)17(21)19-14-6-5-9-18-11-14/h5-11,13H,1-4H3,(H,19,21)/t13-/m1/s1. The van der Waals surface area contributed by atoms with Gasteiger partial charge in [0.05, 0.1) is 30.9 Å². The van der Waals surface area contributed by atoms with Gasteiger partial charge in [0.15, 0.2) is 0 Å². The van der Waals surface area contributed by atoms with Crippen molar-refractivity contribution in [1.82, 2.24) is 4.98 Å². The fourth-order valence-corrected chi connectivity index (χ4v) is 3.61. The minimum absolute atomic E-state index is 0.318. The van der Waals surface area contributed by atoms with Crippen molar-refractivity contribution in [2.24, 2.45) is 0 Å². The van der Waals surface area contributed by atoms with Gasteiger partial charge >= 0.3 is 0 Å². The number of pyridine rings is 1. The third kappa shape index (κ3) is 4.48. The van der Waals surface area contributed by atoms with Crippen LogP contribution < -0.4 is 14.4 Å². The second kappa shape index (κ2) is 7.52. The van der Waals surface area contributed by atoms with Crippen molar-refractivity contribution < 1.29 is 17.9 Å². The van der Waals surface area contributed by atoms with Crippen LogP contribution in [0.25, 0.3) is 0 Å². The van der Waals surface area contributed by atoms with Crippen LogP contribution in [-0.4, -0.2) is 38.7 Å². The van der Waals surface area contributed by atoms with E-state index in [9.17, 15) is 13.2 Å². The predicted molar refractivity (Wildman–Crippen MR) is 97.4 cm³/mol. The van der Waals surface area contributed by atoms with E-state index >= 15 is 0 Å². The van der Waals surface area contributed by atoms with Gasteiger partial charge in [-0.1, -0.05) is 6.07 Å². The van der Waals surface area contributed by atoms with Gasteiger partial charge in [-0.05, 0) is 43.7 Å². The van der Waals surface area contributed by atoms with Crippen molar-refractivity contribution >= 4 is 27.3 Å². The molecule has 0 fully saturated rings. The number of nitrogens with zero attached hydrogens (tertiary/aromatic N) is 2. The van der Waals surface area contributed by atoms with E-state index in [1.165, 1.54) is 20.2 Å². The Bertz CT molecular complexity index is 853. The topological polar surface area (TPSA) is 88.6 Å². The monoisotopic (exact) mass is 363 g/mol. The number of aryl methyl sites for hydroxylation is 1. The molecule has 0 spiro atoms. The number of ether oxygens (including phenoxy) is 1. The van der Waals surface area contributed by atoms with Crippen LogP contribution in [0.2, 0.25) is 0 Å². The average molecular weight is 363 g/mol. The molecular formula is C17H21N3O4S. The summed E-state index contributed by atoms with van der Waals surface area (Å²) in [6, 6.07) is 7.53. The summed E-state index contributed by atoms with van der Waals surface area (Å²) in [6.45, 7) is 3.36. The van der Waals surface area contributed by atoms with Gasteiger partial charge in [0, 0.05) is 6.20 Å². The predicted octanol–water partition coefficient (Wildman–Crippen LogP) is 2.19. The van der Waals surface area contributed by atoms with Crippen molar-refractivity contribution in [1.29, 1.82) is 0 Å².